The lowest BCUT2D eigenvalue weighted by molar-refractivity contribution is 0.0695. The number of aromatic carboxylic acids is 1. The smallest absolute Gasteiger partial charge is 0.337 e. The minimum atomic E-state index is -0.923. The molecule has 2 heterocycles. The Kier molecular flexibility index (Phi) is 3.60. The number of benzene rings is 1. The summed E-state index contributed by atoms with van der Waals surface area (Å²) in [6.07, 6.45) is 2.16. The Bertz CT molecular complexity index is 682. The molecule has 0 amide bonds. The largest absolute Gasteiger partial charge is 0.478 e. The Morgan fingerprint density at radius 1 is 1.19 bits per heavy atom. The number of anilines is 1. The van der Waals surface area contributed by atoms with Gasteiger partial charge in [-0.2, -0.15) is 0 Å². The van der Waals surface area contributed by atoms with Gasteiger partial charge in [0.25, 0.3) is 0 Å². The minimum Gasteiger partial charge on any atom is -0.478 e. The van der Waals surface area contributed by atoms with Crippen LogP contribution in [-0.4, -0.2) is 22.6 Å². The second-order valence-electron chi connectivity index (χ2n) is 5.40. The molecule has 21 heavy (non-hydrogen) atoms. The molecule has 1 aliphatic heterocycles. The molecule has 0 spiro atoms. The van der Waals surface area contributed by atoms with Gasteiger partial charge in [-0.1, -0.05) is 24.3 Å². The van der Waals surface area contributed by atoms with E-state index in [1.807, 2.05) is 6.07 Å². The molecule has 0 saturated carbocycles. The van der Waals surface area contributed by atoms with Crippen LogP contribution >= 0.6 is 0 Å². The summed E-state index contributed by atoms with van der Waals surface area (Å²) in [4.78, 5) is 17.8. The average molecular weight is 282 g/mol. The monoisotopic (exact) mass is 282 g/mol. The summed E-state index contributed by atoms with van der Waals surface area (Å²) in [5.74, 6) is -0.0676. The molecular weight excluding hydrogens is 264 g/mol. The van der Waals surface area contributed by atoms with E-state index in [9.17, 15) is 4.79 Å². The molecule has 1 N–H and O–H groups in total. The van der Waals surface area contributed by atoms with Crippen molar-refractivity contribution in [3.63, 3.8) is 0 Å². The van der Waals surface area contributed by atoms with Crippen molar-refractivity contribution in [3.8, 4) is 0 Å². The van der Waals surface area contributed by atoms with Gasteiger partial charge in [-0.05, 0) is 43.0 Å². The molecule has 1 aromatic heterocycles. The highest BCUT2D eigenvalue weighted by molar-refractivity contribution is 5.89. The van der Waals surface area contributed by atoms with Gasteiger partial charge >= 0.3 is 5.97 Å². The van der Waals surface area contributed by atoms with E-state index in [0.717, 1.165) is 31.7 Å². The van der Waals surface area contributed by atoms with Crippen molar-refractivity contribution >= 4 is 11.8 Å². The van der Waals surface area contributed by atoms with E-state index >= 15 is 0 Å². The van der Waals surface area contributed by atoms with Crippen LogP contribution in [0, 0.1) is 6.92 Å². The number of carbonyl (C=O) groups is 1. The minimum absolute atomic E-state index is 0.272. The Morgan fingerprint density at radius 3 is 2.67 bits per heavy atom. The number of aromatic nitrogens is 1. The number of aryl methyl sites for hydroxylation is 2. The van der Waals surface area contributed by atoms with Crippen LogP contribution < -0.4 is 4.90 Å². The number of pyridine rings is 1. The SMILES string of the molecule is Cc1nc(N2CCCc3ccccc3C2)ccc1C(=O)O. The highest BCUT2D eigenvalue weighted by atomic mass is 16.4. The molecule has 0 aliphatic carbocycles. The summed E-state index contributed by atoms with van der Waals surface area (Å²) in [6.45, 7) is 3.52. The van der Waals surface area contributed by atoms with Crippen LogP contribution in [0.2, 0.25) is 0 Å². The maximum absolute atomic E-state index is 11.1. The van der Waals surface area contributed by atoms with Crippen LogP contribution in [0.5, 0.6) is 0 Å². The lowest BCUT2D eigenvalue weighted by atomic mass is 10.0. The van der Waals surface area contributed by atoms with Gasteiger partial charge in [0, 0.05) is 13.1 Å². The zero-order valence-corrected chi connectivity index (χ0v) is 12.0. The summed E-state index contributed by atoms with van der Waals surface area (Å²) < 4.78 is 0. The second kappa shape index (κ2) is 5.56. The predicted molar refractivity (Wildman–Crippen MR) is 81.7 cm³/mol. The lowest BCUT2D eigenvalue weighted by Crippen LogP contribution is -2.24. The molecule has 0 radical (unpaired) electrons. The van der Waals surface area contributed by atoms with E-state index in [4.69, 9.17) is 5.11 Å². The molecule has 1 aromatic carbocycles. The average Bonchev–Trinajstić information content (AvgIpc) is 2.68. The second-order valence-corrected chi connectivity index (χ2v) is 5.40. The summed E-state index contributed by atoms with van der Waals surface area (Å²) in [7, 11) is 0. The Morgan fingerprint density at radius 2 is 1.95 bits per heavy atom. The zero-order chi connectivity index (χ0) is 14.8. The molecule has 1 aliphatic rings. The standard InChI is InChI=1S/C17H18N2O2/c1-12-15(17(20)21)8-9-16(18-12)19-10-4-7-13-5-2-3-6-14(13)11-19/h2-3,5-6,8-9H,4,7,10-11H2,1H3,(H,20,21). The highest BCUT2D eigenvalue weighted by Gasteiger charge is 2.17. The molecule has 2 aromatic rings. The maximum Gasteiger partial charge on any atom is 0.337 e. The van der Waals surface area contributed by atoms with E-state index in [2.05, 4.69) is 34.1 Å². The van der Waals surface area contributed by atoms with E-state index in [0.29, 0.717) is 5.69 Å². The van der Waals surface area contributed by atoms with Gasteiger partial charge in [0.15, 0.2) is 0 Å². The van der Waals surface area contributed by atoms with Gasteiger partial charge in [0.05, 0.1) is 11.3 Å². The first-order valence-corrected chi connectivity index (χ1v) is 7.18. The van der Waals surface area contributed by atoms with E-state index in [-0.39, 0.29) is 5.56 Å². The number of fused-ring (bicyclic) bond motifs is 1. The number of rotatable bonds is 2. The van der Waals surface area contributed by atoms with Gasteiger partial charge in [-0.15, -0.1) is 0 Å². The fraction of sp³-hybridized carbons (Fsp3) is 0.294. The van der Waals surface area contributed by atoms with E-state index < -0.39 is 5.97 Å². The summed E-state index contributed by atoms with van der Waals surface area (Å²) in [5.41, 5.74) is 3.57. The number of hydrogen-bond donors (Lipinski definition) is 1. The zero-order valence-electron chi connectivity index (χ0n) is 12.0. The first-order chi connectivity index (χ1) is 10.1. The molecule has 0 unspecified atom stereocenters. The normalized spacial score (nSPS) is 14.4. The Hall–Kier alpha value is -2.36. The maximum atomic E-state index is 11.1. The van der Waals surface area contributed by atoms with Gasteiger partial charge in [0.1, 0.15) is 5.82 Å². The van der Waals surface area contributed by atoms with Gasteiger partial charge in [-0.3, -0.25) is 0 Å². The van der Waals surface area contributed by atoms with E-state index in [1.165, 1.54) is 11.1 Å². The predicted octanol–water partition coefficient (Wildman–Crippen LogP) is 3.04. The van der Waals surface area contributed by atoms with Gasteiger partial charge < -0.3 is 10.0 Å². The summed E-state index contributed by atoms with van der Waals surface area (Å²) in [6, 6.07) is 11.9. The van der Waals surface area contributed by atoms with Crippen molar-refractivity contribution in [2.24, 2.45) is 0 Å². The first kappa shape index (κ1) is 13.6. The third kappa shape index (κ3) is 2.75. The molecule has 0 saturated heterocycles. The summed E-state index contributed by atoms with van der Waals surface area (Å²) in [5, 5.41) is 9.09. The molecular formula is C17H18N2O2. The summed E-state index contributed by atoms with van der Waals surface area (Å²) >= 11 is 0. The fourth-order valence-electron chi connectivity index (χ4n) is 2.85. The van der Waals surface area contributed by atoms with Crippen molar-refractivity contribution in [2.45, 2.75) is 26.3 Å². The number of carboxylic acid groups (broad SMARTS) is 1. The van der Waals surface area contributed by atoms with Crippen LogP contribution in [0.1, 0.15) is 33.6 Å². The topological polar surface area (TPSA) is 53.4 Å². The van der Waals surface area contributed by atoms with Crippen LogP contribution in [0.25, 0.3) is 0 Å². The van der Waals surface area contributed by atoms with Crippen molar-refractivity contribution in [1.29, 1.82) is 0 Å². The Labute approximate surface area is 124 Å². The fourth-order valence-corrected chi connectivity index (χ4v) is 2.85. The number of nitrogens with zero attached hydrogens (tertiary/aromatic N) is 2. The van der Waals surface area contributed by atoms with Crippen LogP contribution in [0.4, 0.5) is 5.82 Å². The van der Waals surface area contributed by atoms with Gasteiger partial charge in [-0.25, -0.2) is 9.78 Å². The first-order valence-electron chi connectivity index (χ1n) is 7.18. The molecule has 0 atom stereocenters. The number of carboxylic acids is 1. The van der Waals surface area contributed by atoms with Crippen LogP contribution in [0.3, 0.4) is 0 Å². The molecule has 4 nitrogen and oxygen atoms in total. The molecule has 3 rings (SSSR count). The molecule has 0 fully saturated rings. The number of hydrogen-bond acceptors (Lipinski definition) is 3. The van der Waals surface area contributed by atoms with Crippen molar-refractivity contribution in [3.05, 3.63) is 58.8 Å². The van der Waals surface area contributed by atoms with Crippen LogP contribution in [0.15, 0.2) is 36.4 Å². The van der Waals surface area contributed by atoms with E-state index in [1.54, 1.807) is 13.0 Å². The Balaban J connectivity index is 1.91. The lowest BCUT2D eigenvalue weighted by Gasteiger charge is -2.22. The quantitative estimate of drug-likeness (QED) is 0.920. The molecule has 108 valence electrons. The molecule has 4 heteroatoms. The van der Waals surface area contributed by atoms with Crippen molar-refractivity contribution in [1.82, 2.24) is 4.98 Å². The third-order valence-electron chi connectivity index (χ3n) is 3.98. The highest BCUT2D eigenvalue weighted by Crippen LogP contribution is 2.23. The van der Waals surface area contributed by atoms with Crippen molar-refractivity contribution < 1.29 is 9.90 Å². The van der Waals surface area contributed by atoms with Gasteiger partial charge in [0.2, 0.25) is 0 Å². The third-order valence-corrected chi connectivity index (χ3v) is 3.98. The van der Waals surface area contributed by atoms with Crippen molar-refractivity contribution in [2.75, 3.05) is 11.4 Å². The van der Waals surface area contributed by atoms with Crippen LogP contribution in [-0.2, 0) is 13.0 Å². The molecule has 0 bridgehead atoms.